The third kappa shape index (κ3) is 4.77. The third-order valence-corrected chi connectivity index (χ3v) is 4.57. The molecule has 114 valence electrons. The van der Waals surface area contributed by atoms with Crippen LogP contribution in [-0.4, -0.2) is 32.2 Å². The quantitative estimate of drug-likeness (QED) is 0.857. The molecule has 0 aromatic heterocycles. The molecule has 0 spiro atoms. The zero-order valence-electron chi connectivity index (χ0n) is 11.8. The first-order chi connectivity index (χ1) is 8.72. The lowest BCUT2D eigenvalue weighted by molar-refractivity contribution is 0.0915. The van der Waals surface area contributed by atoms with Crippen molar-refractivity contribution in [2.75, 3.05) is 12.3 Å². The first kappa shape index (κ1) is 18.9. The Hall–Kier alpha value is -1.11. The highest BCUT2D eigenvalue weighted by atomic mass is 35.5. The summed E-state index contributed by atoms with van der Waals surface area (Å²) in [6, 6.07) is 5.90. The maximum Gasteiger partial charge on any atom is 0.251 e. The number of nitrogens with two attached hydrogens (primary N) is 1. The molecule has 0 unspecified atom stereocenters. The average Bonchev–Trinajstić information content (AvgIpc) is 2.38. The lowest BCUT2D eigenvalue weighted by atomic mass is 10.1. The van der Waals surface area contributed by atoms with E-state index >= 15 is 0 Å². The van der Waals surface area contributed by atoms with E-state index < -0.39 is 15.4 Å². The minimum atomic E-state index is -3.23. The molecule has 0 fully saturated rings. The second-order valence-corrected chi connectivity index (χ2v) is 7.25. The Labute approximate surface area is 126 Å². The summed E-state index contributed by atoms with van der Waals surface area (Å²) in [6.07, 6.45) is 0. The van der Waals surface area contributed by atoms with Gasteiger partial charge in [0.05, 0.1) is 10.6 Å². The zero-order chi connectivity index (χ0) is 14.7. The summed E-state index contributed by atoms with van der Waals surface area (Å²) in [5, 5.41) is 2.78. The minimum Gasteiger partial charge on any atom is -0.346 e. The summed E-state index contributed by atoms with van der Waals surface area (Å²) in [5.41, 5.74) is 5.46. The van der Waals surface area contributed by atoms with E-state index in [0.717, 1.165) is 0 Å². The summed E-state index contributed by atoms with van der Waals surface area (Å²) in [5.74, 6) is -0.227. The van der Waals surface area contributed by atoms with Crippen LogP contribution in [0.2, 0.25) is 0 Å². The van der Waals surface area contributed by atoms with Gasteiger partial charge >= 0.3 is 0 Å². The monoisotopic (exact) mass is 320 g/mol. The van der Waals surface area contributed by atoms with Gasteiger partial charge < -0.3 is 11.1 Å². The van der Waals surface area contributed by atoms with Crippen molar-refractivity contribution >= 4 is 28.2 Å². The Morgan fingerprint density at radius 1 is 1.25 bits per heavy atom. The molecule has 0 aliphatic rings. The van der Waals surface area contributed by atoms with E-state index in [1.54, 1.807) is 6.92 Å². The highest BCUT2D eigenvalue weighted by Gasteiger charge is 2.19. The number of hydrogen-bond acceptors (Lipinski definition) is 4. The van der Waals surface area contributed by atoms with Crippen molar-refractivity contribution in [3.8, 4) is 0 Å². The van der Waals surface area contributed by atoms with Gasteiger partial charge in [0.25, 0.3) is 5.91 Å². The normalized spacial score (nSPS) is 11.6. The summed E-state index contributed by atoms with van der Waals surface area (Å²) in [4.78, 5) is 12.2. The Kier molecular flexibility index (Phi) is 6.67. The molecule has 0 aliphatic carbocycles. The molecule has 1 aromatic carbocycles. The van der Waals surface area contributed by atoms with E-state index in [4.69, 9.17) is 5.73 Å². The van der Waals surface area contributed by atoms with E-state index in [1.165, 1.54) is 24.3 Å². The van der Waals surface area contributed by atoms with Gasteiger partial charge in [0.15, 0.2) is 9.84 Å². The van der Waals surface area contributed by atoms with Gasteiger partial charge in [0.1, 0.15) is 0 Å². The molecule has 1 aromatic rings. The van der Waals surface area contributed by atoms with Gasteiger partial charge in [-0.3, -0.25) is 4.79 Å². The standard InChI is InChI=1S/C13H20N2O3S.ClH/c1-4-19(17,18)11-7-5-10(6-8-11)12(16)15-13(2,3)9-14;/h5-8H,4,9,14H2,1-3H3,(H,15,16);1H. The largest absolute Gasteiger partial charge is 0.346 e. The number of hydrogen-bond donors (Lipinski definition) is 2. The maximum absolute atomic E-state index is 11.9. The van der Waals surface area contributed by atoms with Crippen LogP contribution >= 0.6 is 12.4 Å². The van der Waals surface area contributed by atoms with E-state index in [1.807, 2.05) is 13.8 Å². The molecule has 5 nitrogen and oxygen atoms in total. The number of nitrogens with one attached hydrogen (secondary N) is 1. The number of sulfone groups is 1. The molecule has 0 bridgehead atoms. The van der Waals surface area contributed by atoms with Crippen LogP contribution in [-0.2, 0) is 9.84 Å². The van der Waals surface area contributed by atoms with Gasteiger partial charge in [-0.1, -0.05) is 6.92 Å². The predicted molar refractivity (Wildman–Crippen MR) is 82.0 cm³/mol. The molecular weight excluding hydrogens is 300 g/mol. The minimum absolute atomic E-state index is 0. The van der Waals surface area contributed by atoms with Gasteiger partial charge in [0.2, 0.25) is 0 Å². The lowest BCUT2D eigenvalue weighted by Crippen LogP contribution is -2.48. The lowest BCUT2D eigenvalue weighted by Gasteiger charge is -2.24. The average molecular weight is 321 g/mol. The topological polar surface area (TPSA) is 89.3 Å². The van der Waals surface area contributed by atoms with Crippen LogP contribution < -0.4 is 11.1 Å². The number of benzene rings is 1. The fraction of sp³-hybridized carbons (Fsp3) is 0.462. The number of carbonyl (C=O) groups excluding carboxylic acids is 1. The Morgan fingerprint density at radius 2 is 1.75 bits per heavy atom. The second kappa shape index (κ2) is 7.06. The first-order valence-electron chi connectivity index (χ1n) is 6.07. The molecule has 3 N–H and O–H groups in total. The maximum atomic E-state index is 11.9. The van der Waals surface area contributed by atoms with E-state index in [9.17, 15) is 13.2 Å². The molecule has 0 radical (unpaired) electrons. The molecule has 0 aliphatic heterocycles. The molecule has 7 heteroatoms. The molecule has 0 saturated carbocycles. The summed E-state index contributed by atoms with van der Waals surface area (Å²) in [7, 11) is -3.23. The second-order valence-electron chi connectivity index (χ2n) is 4.97. The van der Waals surface area contributed by atoms with Gasteiger partial charge in [-0.2, -0.15) is 0 Å². The van der Waals surface area contributed by atoms with Gasteiger partial charge in [-0.05, 0) is 38.1 Å². The van der Waals surface area contributed by atoms with Crippen LogP contribution in [0.4, 0.5) is 0 Å². The SMILES string of the molecule is CCS(=O)(=O)c1ccc(C(=O)NC(C)(C)CN)cc1.Cl. The third-order valence-electron chi connectivity index (χ3n) is 2.82. The van der Waals surface area contributed by atoms with Crippen molar-refractivity contribution in [2.45, 2.75) is 31.2 Å². The van der Waals surface area contributed by atoms with Crippen molar-refractivity contribution in [1.82, 2.24) is 5.32 Å². The van der Waals surface area contributed by atoms with Crippen LogP contribution in [0.25, 0.3) is 0 Å². The van der Waals surface area contributed by atoms with Crippen LogP contribution in [0, 0.1) is 0 Å². The van der Waals surface area contributed by atoms with Crippen LogP contribution in [0.15, 0.2) is 29.2 Å². The van der Waals surface area contributed by atoms with Crippen molar-refractivity contribution in [1.29, 1.82) is 0 Å². The molecule has 0 heterocycles. The smallest absolute Gasteiger partial charge is 0.251 e. The van der Waals surface area contributed by atoms with E-state index in [0.29, 0.717) is 12.1 Å². The fourth-order valence-corrected chi connectivity index (χ4v) is 2.29. The number of halogens is 1. The Bertz CT molecular complexity index is 553. The van der Waals surface area contributed by atoms with Crippen molar-refractivity contribution in [2.24, 2.45) is 5.73 Å². The van der Waals surface area contributed by atoms with Gasteiger partial charge in [-0.15, -0.1) is 12.4 Å². The molecular formula is C13H21ClN2O3S. The van der Waals surface area contributed by atoms with Crippen molar-refractivity contribution in [3.63, 3.8) is 0 Å². The highest BCUT2D eigenvalue weighted by Crippen LogP contribution is 2.13. The molecule has 0 saturated heterocycles. The number of rotatable bonds is 5. The van der Waals surface area contributed by atoms with Crippen LogP contribution in [0.3, 0.4) is 0 Å². The summed E-state index contributed by atoms with van der Waals surface area (Å²) >= 11 is 0. The van der Waals surface area contributed by atoms with Gasteiger partial charge in [0, 0.05) is 17.6 Å². The first-order valence-corrected chi connectivity index (χ1v) is 7.72. The van der Waals surface area contributed by atoms with Crippen LogP contribution in [0.1, 0.15) is 31.1 Å². The molecule has 0 atom stereocenters. The van der Waals surface area contributed by atoms with Crippen molar-refractivity contribution < 1.29 is 13.2 Å². The fourth-order valence-electron chi connectivity index (χ4n) is 1.41. The summed E-state index contributed by atoms with van der Waals surface area (Å²) in [6.45, 7) is 5.54. The van der Waals surface area contributed by atoms with E-state index in [-0.39, 0.29) is 29.0 Å². The Balaban J connectivity index is 0.00000361. The molecule has 1 amide bonds. The summed E-state index contributed by atoms with van der Waals surface area (Å²) < 4.78 is 23.3. The van der Waals surface area contributed by atoms with Gasteiger partial charge in [-0.25, -0.2) is 8.42 Å². The molecule has 20 heavy (non-hydrogen) atoms. The number of carbonyl (C=O) groups is 1. The Morgan fingerprint density at radius 3 is 2.15 bits per heavy atom. The van der Waals surface area contributed by atoms with Crippen LogP contribution in [0.5, 0.6) is 0 Å². The highest BCUT2D eigenvalue weighted by molar-refractivity contribution is 7.91. The van der Waals surface area contributed by atoms with Crippen molar-refractivity contribution in [3.05, 3.63) is 29.8 Å². The predicted octanol–water partition coefficient (Wildman–Crippen LogP) is 1.37. The number of amides is 1. The molecule has 1 rings (SSSR count). The van der Waals surface area contributed by atoms with E-state index in [2.05, 4.69) is 5.32 Å². The zero-order valence-corrected chi connectivity index (χ0v) is 13.5.